The maximum atomic E-state index is 6.14. The van der Waals surface area contributed by atoms with Crippen LogP contribution in [0, 0.1) is 6.92 Å². The van der Waals surface area contributed by atoms with E-state index in [1.54, 1.807) is 6.20 Å². The van der Waals surface area contributed by atoms with Crippen LogP contribution in [0.1, 0.15) is 19.4 Å². The molecule has 4 nitrogen and oxygen atoms in total. The maximum Gasteiger partial charge on any atom is 0.137 e. The Hall–Kier alpha value is -2.88. The number of fused-ring (bicyclic) bond motifs is 2. The van der Waals surface area contributed by atoms with E-state index in [4.69, 9.17) is 5.73 Å². The van der Waals surface area contributed by atoms with E-state index in [1.807, 2.05) is 62.1 Å². The number of nitrogen functional groups attached to an aromatic ring is 1. The second kappa shape index (κ2) is 6.08. The molecule has 116 valence electrons. The average molecular weight is 304 g/mol. The number of anilines is 1. The molecule has 3 heterocycles. The summed E-state index contributed by atoms with van der Waals surface area (Å²) in [6, 6.07) is 10.2. The van der Waals surface area contributed by atoms with Crippen molar-refractivity contribution in [2.75, 3.05) is 5.73 Å². The van der Waals surface area contributed by atoms with Gasteiger partial charge in [-0.2, -0.15) is 0 Å². The van der Waals surface area contributed by atoms with Gasteiger partial charge in [0.25, 0.3) is 0 Å². The Kier molecular flexibility index (Phi) is 3.98. The van der Waals surface area contributed by atoms with Crippen LogP contribution < -0.4 is 5.73 Å². The predicted molar refractivity (Wildman–Crippen MR) is 96.9 cm³/mol. The van der Waals surface area contributed by atoms with Gasteiger partial charge in [-0.3, -0.25) is 9.55 Å². The predicted octanol–water partition coefficient (Wildman–Crippen LogP) is 4.49. The van der Waals surface area contributed by atoms with Crippen LogP contribution in [-0.4, -0.2) is 14.5 Å². The molecule has 0 saturated heterocycles. The Labute approximate surface area is 135 Å². The van der Waals surface area contributed by atoms with E-state index < -0.39 is 0 Å². The molecule has 0 radical (unpaired) electrons. The molecular weight excluding hydrogens is 284 g/mol. The highest BCUT2D eigenvalue weighted by atomic mass is 15.1. The first-order valence-electron chi connectivity index (χ1n) is 7.80. The van der Waals surface area contributed by atoms with Gasteiger partial charge in [0.1, 0.15) is 5.82 Å². The highest BCUT2D eigenvalue weighted by Gasteiger charge is 2.07. The van der Waals surface area contributed by atoms with Crippen molar-refractivity contribution in [2.24, 2.45) is 0 Å². The highest BCUT2D eigenvalue weighted by molar-refractivity contribution is 5.94. The first-order chi connectivity index (χ1) is 11.2. The lowest BCUT2D eigenvalue weighted by Crippen LogP contribution is -1.97. The van der Waals surface area contributed by atoms with Gasteiger partial charge in [0.05, 0.1) is 11.7 Å². The molecule has 4 rings (SSSR count). The molecule has 0 aliphatic heterocycles. The first-order valence-corrected chi connectivity index (χ1v) is 7.80. The largest absolute Gasteiger partial charge is 0.398 e. The fraction of sp³-hybridized carbons (Fsp3) is 0.158. The number of benzene rings is 1. The summed E-state index contributed by atoms with van der Waals surface area (Å²) in [6.45, 7) is 6.04. The van der Waals surface area contributed by atoms with Crippen LogP contribution in [0.4, 0.5) is 5.69 Å². The molecule has 0 unspecified atom stereocenters. The quantitative estimate of drug-likeness (QED) is 0.527. The molecule has 1 aromatic carbocycles. The van der Waals surface area contributed by atoms with Crippen molar-refractivity contribution in [3.8, 4) is 5.82 Å². The van der Waals surface area contributed by atoms with Crippen molar-refractivity contribution >= 4 is 27.4 Å². The topological polar surface area (TPSA) is 56.7 Å². The van der Waals surface area contributed by atoms with Gasteiger partial charge in [0, 0.05) is 40.4 Å². The zero-order valence-electron chi connectivity index (χ0n) is 13.6. The monoisotopic (exact) mass is 304 g/mol. The van der Waals surface area contributed by atoms with Gasteiger partial charge in [-0.25, -0.2) is 4.98 Å². The lowest BCUT2D eigenvalue weighted by atomic mass is 10.1. The normalized spacial score (nSPS) is 10.6. The van der Waals surface area contributed by atoms with Gasteiger partial charge in [0.2, 0.25) is 0 Å². The molecular formula is C19H20N4. The van der Waals surface area contributed by atoms with E-state index in [1.165, 1.54) is 0 Å². The number of aryl methyl sites for hydroxylation is 1. The maximum absolute atomic E-state index is 6.14. The highest BCUT2D eigenvalue weighted by Crippen LogP contribution is 2.26. The minimum absolute atomic E-state index is 0.781. The van der Waals surface area contributed by atoms with Crippen molar-refractivity contribution in [3.63, 3.8) is 0 Å². The Bertz CT molecular complexity index is 970. The molecule has 4 aromatic rings. The Balaban J connectivity index is 0.000000753. The summed E-state index contributed by atoms with van der Waals surface area (Å²) < 4.78 is 2.03. The molecule has 2 N–H and O–H groups in total. The van der Waals surface area contributed by atoms with E-state index in [0.29, 0.717) is 0 Å². The summed E-state index contributed by atoms with van der Waals surface area (Å²) in [4.78, 5) is 8.75. The number of rotatable bonds is 1. The SMILES string of the molecule is CC.Cc1cc(N)c2cc(-n3ccc4ccncc43)ncc2c1. The Morgan fingerprint density at radius 2 is 1.83 bits per heavy atom. The minimum atomic E-state index is 0.781. The second-order valence-corrected chi connectivity index (χ2v) is 5.24. The summed E-state index contributed by atoms with van der Waals surface area (Å²) in [5, 5.41) is 3.23. The zero-order valence-corrected chi connectivity index (χ0v) is 13.6. The van der Waals surface area contributed by atoms with Gasteiger partial charge in [-0.15, -0.1) is 0 Å². The van der Waals surface area contributed by atoms with Crippen molar-refractivity contribution in [3.05, 3.63) is 60.7 Å². The molecule has 3 aromatic heterocycles. The summed E-state index contributed by atoms with van der Waals surface area (Å²) >= 11 is 0. The lowest BCUT2D eigenvalue weighted by molar-refractivity contribution is 1.05. The van der Waals surface area contributed by atoms with Crippen LogP contribution >= 0.6 is 0 Å². The van der Waals surface area contributed by atoms with Crippen LogP contribution in [0.2, 0.25) is 0 Å². The van der Waals surface area contributed by atoms with E-state index in [2.05, 4.69) is 22.1 Å². The third-order valence-electron chi connectivity index (χ3n) is 3.74. The fourth-order valence-electron chi connectivity index (χ4n) is 2.74. The number of aromatic nitrogens is 3. The number of pyridine rings is 2. The van der Waals surface area contributed by atoms with Crippen molar-refractivity contribution in [1.29, 1.82) is 0 Å². The molecule has 0 bridgehead atoms. The first kappa shape index (κ1) is 15.0. The molecule has 0 atom stereocenters. The van der Waals surface area contributed by atoms with Crippen LogP contribution in [-0.2, 0) is 0 Å². The smallest absolute Gasteiger partial charge is 0.137 e. The fourth-order valence-corrected chi connectivity index (χ4v) is 2.74. The summed E-state index contributed by atoms with van der Waals surface area (Å²) in [5.41, 5.74) is 9.10. The molecule has 0 aliphatic rings. The van der Waals surface area contributed by atoms with Gasteiger partial charge in [-0.1, -0.05) is 13.8 Å². The third kappa shape index (κ3) is 2.63. The number of hydrogen-bond donors (Lipinski definition) is 1. The lowest BCUT2D eigenvalue weighted by Gasteiger charge is -2.08. The minimum Gasteiger partial charge on any atom is -0.398 e. The molecule has 4 heteroatoms. The summed E-state index contributed by atoms with van der Waals surface area (Å²) in [5.74, 6) is 0.848. The van der Waals surface area contributed by atoms with Gasteiger partial charge < -0.3 is 5.73 Å². The Morgan fingerprint density at radius 3 is 2.65 bits per heavy atom. The van der Waals surface area contributed by atoms with Crippen LogP contribution in [0.15, 0.2) is 55.1 Å². The Morgan fingerprint density at radius 1 is 1.00 bits per heavy atom. The van der Waals surface area contributed by atoms with Gasteiger partial charge >= 0.3 is 0 Å². The van der Waals surface area contributed by atoms with E-state index in [9.17, 15) is 0 Å². The van der Waals surface area contributed by atoms with E-state index >= 15 is 0 Å². The molecule has 0 saturated carbocycles. The van der Waals surface area contributed by atoms with Gasteiger partial charge in [0.15, 0.2) is 0 Å². The van der Waals surface area contributed by atoms with Crippen molar-refractivity contribution in [2.45, 2.75) is 20.8 Å². The van der Waals surface area contributed by atoms with Crippen LogP contribution in [0.25, 0.3) is 27.5 Å². The molecule has 23 heavy (non-hydrogen) atoms. The van der Waals surface area contributed by atoms with Gasteiger partial charge in [-0.05, 0) is 42.8 Å². The average Bonchev–Trinajstić information content (AvgIpc) is 3.00. The number of nitrogens with zero attached hydrogens (tertiary/aromatic N) is 3. The standard InChI is InChI=1S/C17H14N4.C2H6/c1-11-6-13-9-20-17(8-14(13)15(18)7-11)21-5-3-12-2-4-19-10-16(12)21;1-2/h2-10H,18H2,1H3;1-2H3. The van der Waals surface area contributed by atoms with Crippen molar-refractivity contribution < 1.29 is 0 Å². The van der Waals surface area contributed by atoms with E-state index in [0.717, 1.165) is 38.7 Å². The van der Waals surface area contributed by atoms with E-state index in [-0.39, 0.29) is 0 Å². The molecule has 0 spiro atoms. The zero-order chi connectivity index (χ0) is 16.4. The molecule has 0 aliphatic carbocycles. The number of hydrogen-bond acceptors (Lipinski definition) is 3. The molecule has 0 amide bonds. The summed E-state index contributed by atoms with van der Waals surface area (Å²) in [7, 11) is 0. The third-order valence-corrected chi connectivity index (χ3v) is 3.74. The van der Waals surface area contributed by atoms with Crippen LogP contribution in [0.3, 0.4) is 0 Å². The summed E-state index contributed by atoms with van der Waals surface area (Å²) in [6.07, 6.45) is 7.52. The number of nitrogens with two attached hydrogens (primary N) is 1. The molecule has 0 fully saturated rings. The van der Waals surface area contributed by atoms with Crippen LogP contribution in [0.5, 0.6) is 0 Å². The van der Waals surface area contributed by atoms with Crippen molar-refractivity contribution in [1.82, 2.24) is 14.5 Å². The second-order valence-electron chi connectivity index (χ2n) is 5.24.